The second-order valence-corrected chi connectivity index (χ2v) is 9.12. The summed E-state index contributed by atoms with van der Waals surface area (Å²) < 4.78 is -0.589. The second kappa shape index (κ2) is 11.8. The topological polar surface area (TPSA) is 20.2 Å². The van der Waals surface area contributed by atoms with Crippen LogP contribution in [0.15, 0.2) is 60.7 Å². The van der Waals surface area contributed by atoms with Gasteiger partial charge in [-0.3, -0.25) is 0 Å². The Morgan fingerprint density at radius 3 is 2.12 bits per heavy atom. The first kappa shape index (κ1) is 21.5. The summed E-state index contributed by atoms with van der Waals surface area (Å²) in [5.41, 5.74) is 2.59. The van der Waals surface area contributed by atoms with E-state index in [-0.39, 0.29) is 0 Å². The molecular weight excluding hydrogens is 355 g/mol. The van der Waals surface area contributed by atoms with Gasteiger partial charge in [0, 0.05) is 16.2 Å². The third-order valence-corrected chi connectivity index (χ3v) is 7.02. The van der Waals surface area contributed by atoms with E-state index >= 15 is 0 Å². The predicted octanol–water partition coefficient (Wildman–Crippen LogP) is 5.66. The predicted molar refractivity (Wildman–Crippen MR) is 119 cm³/mol. The van der Waals surface area contributed by atoms with Gasteiger partial charge in [-0.15, -0.1) is 0 Å². The molecule has 0 saturated carbocycles. The van der Waals surface area contributed by atoms with Gasteiger partial charge in [0.1, 0.15) is 0 Å². The fourth-order valence-corrected chi connectivity index (χ4v) is 5.13. The van der Waals surface area contributed by atoms with Crippen molar-refractivity contribution >= 4 is 31.4 Å². The minimum atomic E-state index is -0.589. The number of hydrogen-bond donors (Lipinski definition) is 1. The normalized spacial score (nSPS) is 14.7. The molecule has 0 aliphatic rings. The summed E-state index contributed by atoms with van der Waals surface area (Å²) in [5, 5.41) is 10.7. The Bertz CT molecular complexity index is 608. The third kappa shape index (κ3) is 7.42. The first-order chi connectivity index (χ1) is 12.6. The molecule has 0 aliphatic heterocycles. The lowest BCUT2D eigenvalue weighted by molar-refractivity contribution is 0.144. The SMILES string of the molecule is [B]C(CCSCc1ccccc1)(SCc1ccccc1)C(O)CCCC. The van der Waals surface area contributed by atoms with Crippen molar-refractivity contribution in [3.8, 4) is 0 Å². The number of unbranched alkanes of at least 4 members (excludes halogenated alkanes) is 1. The van der Waals surface area contributed by atoms with Crippen molar-refractivity contribution in [3.05, 3.63) is 71.8 Å². The summed E-state index contributed by atoms with van der Waals surface area (Å²) >= 11 is 3.59. The van der Waals surface area contributed by atoms with E-state index in [0.717, 1.165) is 42.9 Å². The van der Waals surface area contributed by atoms with Crippen LogP contribution in [0.1, 0.15) is 43.7 Å². The molecular formula is C22H29BOS2. The van der Waals surface area contributed by atoms with Crippen molar-refractivity contribution in [2.75, 3.05) is 5.75 Å². The largest absolute Gasteiger partial charge is 0.392 e. The molecule has 2 unspecified atom stereocenters. The summed E-state index contributed by atoms with van der Waals surface area (Å²) in [4.78, 5) is 0. The van der Waals surface area contributed by atoms with Gasteiger partial charge in [-0.1, -0.05) is 80.4 Å². The van der Waals surface area contributed by atoms with Crippen LogP contribution < -0.4 is 0 Å². The maximum Gasteiger partial charge on any atom is 0.0929 e. The summed E-state index contributed by atoms with van der Waals surface area (Å²) in [5.74, 6) is 2.78. The molecule has 138 valence electrons. The summed E-state index contributed by atoms with van der Waals surface area (Å²) in [6, 6.07) is 20.9. The van der Waals surface area contributed by atoms with Gasteiger partial charge < -0.3 is 5.11 Å². The minimum Gasteiger partial charge on any atom is -0.392 e. The van der Waals surface area contributed by atoms with Crippen LogP contribution in [0.2, 0.25) is 0 Å². The van der Waals surface area contributed by atoms with Crippen molar-refractivity contribution in [1.82, 2.24) is 0 Å². The molecule has 0 saturated heterocycles. The van der Waals surface area contributed by atoms with E-state index < -0.39 is 10.8 Å². The Labute approximate surface area is 168 Å². The molecule has 2 rings (SSSR count). The molecule has 0 aliphatic carbocycles. The van der Waals surface area contributed by atoms with Gasteiger partial charge in [0.2, 0.25) is 0 Å². The standard InChI is InChI=1S/C22H29BOS2/c1-2-3-14-21(24)22(23,26-18-20-12-8-5-9-13-20)15-16-25-17-19-10-6-4-7-11-19/h4-13,21,24H,2-3,14-18H2,1H3. The number of aliphatic hydroxyl groups excluding tert-OH is 1. The average Bonchev–Trinajstić information content (AvgIpc) is 2.69. The monoisotopic (exact) mass is 384 g/mol. The Morgan fingerprint density at radius 1 is 0.962 bits per heavy atom. The lowest BCUT2D eigenvalue weighted by Crippen LogP contribution is -2.40. The number of thioether (sulfide) groups is 2. The minimum absolute atomic E-state index is 0.464. The van der Waals surface area contributed by atoms with Crippen molar-refractivity contribution < 1.29 is 5.11 Å². The number of rotatable bonds is 12. The zero-order valence-corrected chi connectivity index (χ0v) is 17.3. The molecule has 0 amide bonds. The van der Waals surface area contributed by atoms with Crippen molar-refractivity contribution in [2.24, 2.45) is 0 Å². The zero-order chi connectivity index (χ0) is 18.7. The maximum absolute atomic E-state index is 10.7. The second-order valence-electron chi connectivity index (χ2n) is 6.68. The summed E-state index contributed by atoms with van der Waals surface area (Å²) in [6.45, 7) is 2.15. The van der Waals surface area contributed by atoms with Crippen molar-refractivity contribution in [1.29, 1.82) is 0 Å². The molecule has 2 atom stereocenters. The highest BCUT2D eigenvalue weighted by atomic mass is 32.2. The smallest absolute Gasteiger partial charge is 0.0929 e. The van der Waals surface area contributed by atoms with Gasteiger partial charge >= 0.3 is 0 Å². The quantitative estimate of drug-likeness (QED) is 0.377. The number of aliphatic hydroxyl groups is 1. The zero-order valence-electron chi connectivity index (χ0n) is 15.6. The molecule has 0 heterocycles. The highest BCUT2D eigenvalue weighted by molar-refractivity contribution is 8.01. The molecule has 0 bridgehead atoms. The Morgan fingerprint density at radius 2 is 1.54 bits per heavy atom. The van der Waals surface area contributed by atoms with E-state index in [4.69, 9.17) is 7.85 Å². The fraction of sp³-hybridized carbons (Fsp3) is 0.455. The average molecular weight is 384 g/mol. The van der Waals surface area contributed by atoms with E-state index in [1.165, 1.54) is 11.1 Å². The van der Waals surface area contributed by atoms with Gasteiger partial charge in [0.25, 0.3) is 0 Å². The first-order valence-electron chi connectivity index (χ1n) is 9.40. The highest BCUT2D eigenvalue weighted by Crippen LogP contribution is 2.35. The highest BCUT2D eigenvalue weighted by Gasteiger charge is 2.32. The van der Waals surface area contributed by atoms with E-state index in [1.807, 2.05) is 23.9 Å². The molecule has 1 nitrogen and oxygen atoms in total. The van der Waals surface area contributed by atoms with Crippen LogP contribution in [0.25, 0.3) is 0 Å². The Balaban J connectivity index is 1.88. The molecule has 2 aromatic rings. The van der Waals surface area contributed by atoms with Gasteiger partial charge in [-0.25, -0.2) is 0 Å². The lowest BCUT2D eigenvalue weighted by Gasteiger charge is -2.35. The van der Waals surface area contributed by atoms with E-state index in [2.05, 4.69) is 55.5 Å². The fourth-order valence-electron chi connectivity index (χ4n) is 2.76. The molecule has 0 aromatic heterocycles. The van der Waals surface area contributed by atoms with Gasteiger partial charge in [-0.05, 0) is 29.7 Å². The maximum atomic E-state index is 10.7. The number of benzene rings is 2. The van der Waals surface area contributed by atoms with Crippen LogP contribution in [0.4, 0.5) is 0 Å². The van der Waals surface area contributed by atoms with Crippen LogP contribution in [-0.4, -0.2) is 29.5 Å². The van der Waals surface area contributed by atoms with Crippen LogP contribution in [0.3, 0.4) is 0 Å². The Kier molecular flexibility index (Phi) is 9.73. The molecule has 1 N–H and O–H groups in total. The number of hydrogen-bond acceptors (Lipinski definition) is 3. The van der Waals surface area contributed by atoms with Gasteiger partial charge in [0.05, 0.1) is 14.0 Å². The molecule has 0 spiro atoms. The molecule has 4 heteroatoms. The van der Waals surface area contributed by atoms with E-state index in [1.54, 1.807) is 11.8 Å². The van der Waals surface area contributed by atoms with Crippen molar-refractivity contribution in [2.45, 2.75) is 54.9 Å². The van der Waals surface area contributed by atoms with Crippen molar-refractivity contribution in [3.63, 3.8) is 0 Å². The molecule has 2 radical (unpaired) electrons. The van der Waals surface area contributed by atoms with Crippen LogP contribution >= 0.6 is 23.5 Å². The van der Waals surface area contributed by atoms with Crippen LogP contribution in [-0.2, 0) is 11.5 Å². The lowest BCUT2D eigenvalue weighted by atomic mass is 9.77. The molecule has 0 fully saturated rings. The van der Waals surface area contributed by atoms with Crippen LogP contribution in [0.5, 0.6) is 0 Å². The van der Waals surface area contributed by atoms with E-state index in [0.29, 0.717) is 0 Å². The molecule has 26 heavy (non-hydrogen) atoms. The summed E-state index contributed by atoms with van der Waals surface area (Å²) in [6.07, 6.45) is 3.22. The molecule has 2 aromatic carbocycles. The van der Waals surface area contributed by atoms with E-state index in [9.17, 15) is 5.11 Å². The summed E-state index contributed by atoms with van der Waals surface area (Å²) in [7, 11) is 6.71. The third-order valence-electron chi connectivity index (χ3n) is 4.49. The van der Waals surface area contributed by atoms with Gasteiger partial charge in [-0.2, -0.15) is 23.5 Å². The van der Waals surface area contributed by atoms with Crippen LogP contribution in [0, 0.1) is 0 Å². The Hall–Kier alpha value is -0.835. The first-order valence-corrected chi connectivity index (χ1v) is 11.5. The van der Waals surface area contributed by atoms with Gasteiger partial charge in [0.15, 0.2) is 0 Å².